The summed E-state index contributed by atoms with van der Waals surface area (Å²) in [5.74, 6) is 0.156. The maximum Gasteiger partial charge on any atom is 0.192 e. The summed E-state index contributed by atoms with van der Waals surface area (Å²) in [4.78, 5) is 0. The van der Waals surface area contributed by atoms with Crippen LogP contribution in [0.3, 0.4) is 0 Å². The van der Waals surface area contributed by atoms with E-state index in [1.165, 1.54) is 0 Å². The van der Waals surface area contributed by atoms with Gasteiger partial charge in [-0.1, -0.05) is 34.6 Å². The third-order valence-corrected chi connectivity index (χ3v) is 10.7. The molecule has 0 spiro atoms. The van der Waals surface area contributed by atoms with Crippen molar-refractivity contribution in [1.29, 1.82) is 0 Å². The Kier molecular flexibility index (Phi) is 3.74. The van der Waals surface area contributed by atoms with Gasteiger partial charge in [-0.3, -0.25) is 0 Å². The molecule has 2 rings (SSSR count). The zero-order chi connectivity index (χ0) is 15.6. The van der Waals surface area contributed by atoms with E-state index in [4.69, 9.17) is 9.16 Å². The molecule has 1 aliphatic heterocycles. The fraction of sp³-hybridized carbons (Fsp3) is 1.00. The predicted molar refractivity (Wildman–Crippen MR) is 84.3 cm³/mol. The number of rotatable bonds is 3. The van der Waals surface area contributed by atoms with Crippen LogP contribution in [0.5, 0.6) is 0 Å². The second kappa shape index (κ2) is 4.54. The van der Waals surface area contributed by atoms with Crippen molar-refractivity contribution in [1.82, 2.24) is 0 Å². The van der Waals surface area contributed by atoms with Crippen LogP contribution in [-0.4, -0.2) is 37.8 Å². The van der Waals surface area contributed by atoms with Crippen molar-refractivity contribution in [2.45, 2.75) is 83.9 Å². The Balaban J connectivity index is 2.21. The average molecular weight is 301 g/mol. The minimum Gasteiger partial charge on any atom is -0.413 e. The summed E-state index contributed by atoms with van der Waals surface area (Å²) in [5.41, 5.74) is -0.183. The van der Waals surface area contributed by atoms with Gasteiger partial charge in [-0.15, -0.1) is 0 Å². The van der Waals surface area contributed by atoms with Crippen molar-refractivity contribution in [2.24, 2.45) is 11.3 Å². The lowest BCUT2D eigenvalue weighted by Gasteiger charge is -2.49. The number of aliphatic hydroxyl groups is 1. The quantitative estimate of drug-likeness (QED) is 0.640. The van der Waals surface area contributed by atoms with Crippen molar-refractivity contribution >= 4 is 8.32 Å². The van der Waals surface area contributed by atoms with Gasteiger partial charge in [-0.05, 0) is 30.5 Å². The fourth-order valence-electron chi connectivity index (χ4n) is 3.47. The molecule has 0 bridgehead atoms. The SMILES string of the molecule is CC1(C)[C@@H](O[Si](C)(C)C(C)(C)C)C[C@H]2O[C@@]2(C)[C@H]1CO. The van der Waals surface area contributed by atoms with E-state index in [1.807, 2.05) is 0 Å². The predicted octanol–water partition coefficient (Wildman–Crippen LogP) is 3.57. The summed E-state index contributed by atoms with van der Waals surface area (Å²) in [5, 5.41) is 10.1. The molecule has 118 valence electrons. The molecule has 0 radical (unpaired) electrons. The molecule has 0 aromatic rings. The van der Waals surface area contributed by atoms with Crippen LogP contribution >= 0.6 is 0 Å². The van der Waals surface area contributed by atoms with Gasteiger partial charge in [0, 0.05) is 18.9 Å². The molecule has 2 fully saturated rings. The van der Waals surface area contributed by atoms with Crippen LogP contribution in [0, 0.1) is 11.3 Å². The van der Waals surface area contributed by atoms with Crippen LogP contribution in [0.15, 0.2) is 0 Å². The molecule has 1 heterocycles. The van der Waals surface area contributed by atoms with Gasteiger partial charge in [0.25, 0.3) is 0 Å². The van der Waals surface area contributed by atoms with Gasteiger partial charge in [0.05, 0.1) is 17.8 Å². The van der Waals surface area contributed by atoms with Gasteiger partial charge in [-0.25, -0.2) is 0 Å². The van der Waals surface area contributed by atoms with Crippen LogP contribution in [-0.2, 0) is 9.16 Å². The van der Waals surface area contributed by atoms with E-state index >= 15 is 0 Å². The lowest BCUT2D eigenvalue weighted by molar-refractivity contribution is -0.0479. The molecule has 1 N–H and O–H groups in total. The first-order chi connectivity index (χ1) is 8.86. The second-order valence-corrected chi connectivity index (χ2v) is 13.7. The first kappa shape index (κ1) is 16.5. The number of fused-ring (bicyclic) bond motifs is 1. The summed E-state index contributed by atoms with van der Waals surface area (Å²) in [6.45, 7) is 18.2. The van der Waals surface area contributed by atoms with E-state index in [9.17, 15) is 5.11 Å². The second-order valence-electron chi connectivity index (χ2n) is 8.95. The van der Waals surface area contributed by atoms with Crippen LogP contribution < -0.4 is 0 Å². The highest BCUT2D eigenvalue weighted by atomic mass is 28.4. The van der Waals surface area contributed by atoms with E-state index < -0.39 is 8.32 Å². The molecule has 4 atom stereocenters. The lowest BCUT2D eigenvalue weighted by Crippen LogP contribution is -2.56. The molecule has 0 aromatic carbocycles. The van der Waals surface area contributed by atoms with E-state index in [-0.39, 0.29) is 40.8 Å². The van der Waals surface area contributed by atoms with Crippen LogP contribution in [0.1, 0.15) is 48.0 Å². The van der Waals surface area contributed by atoms with E-state index in [2.05, 4.69) is 54.6 Å². The van der Waals surface area contributed by atoms with E-state index in [0.29, 0.717) is 0 Å². The molecular formula is C16H32O3Si. The highest BCUT2D eigenvalue weighted by Crippen LogP contribution is 2.59. The number of epoxide rings is 1. The molecule has 0 amide bonds. The monoisotopic (exact) mass is 300 g/mol. The smallest absolute Gasteiger partial charge is 0.192 e. The third kappa shape index (κ3) is 2.38. The van der Waals surface area contributed by atoms with Gasteiger partial charge < -0.3 is 14.3 Å². The molecule has 0 unspecified atom stereocenters. The Bertz CT molecular complexity index is 386. The van der Waals surface area contributed by atoms with Crippen molar-refractivity contribution in [3.63, 3.8) is 0 Å². The minimum absolute atomic E-state index is 0.0496. The summed E-state index contributed by atoms with van der Waals surface area (Å²) in [7, 11) is -1.80. The average Bonchev–Trinajstić information content (AvgIpc) is 2.87. The van der Waals surface area contributed by atoms with Crippen LogP contribution in [0.25, 0.3) is 0 Å². The molecule has 0 aromatic heterocycles. The van der Waals surface area contributed by atoms with Gasteiger partial charge in [0.2, 0.25) is 0 Å². The zero-order valence-electron chi connectivity index (χ0n) is 14.4. The minimum atomic E-state index is -1.80. The highest BCUT2D eigenvalue weighted by Gasteiger charge is 2.67. The molecule has 1 saturated heterocycles. The zero-order valence-corrected chi connectivity index (χ0v) is 15.4. The summed E-state index contributed by atoms with van der Waals surface area (Å²) >= 11 is 0. The number of hydrogen-bond acceptors (Lipinski definition) is 3. The largest absolute Gasteiger partial charge is 0.413 e. The molecule has 1 aliphatic carbocycles. The van der Waals surface area contributed by atoms with E-state index in [1.54, 1.807) is 0 Å². The number of hydrogen-bond donors (Lipinski definition) is 1. The number of aliphatic hydroxyl groups excluding tert-OH is 1. The van der Waals surface area contributed by atoms with Crippen molar-refractivity contribution < 1.29 is 14.3 Å². The molecule has 1 saturated carbocycles. The van der Waals surface area contributed by atoms with Crippen molar-refractivity contribution in [3.05, 3.63) is 0 Å². The van der Waals surface area contributed by atoms with E-state index in [0.717, 1.165) is 6.42 Å². The van der Waals surface area contributed by atoms with Gasteiger partial charge in [0.1, 0.15) is 0 Å². The highest BCUT2D eigenvalue weighted by molar-refractivity contribution is 6.74. The lowest BCUT2D eigenvalue weighted by atomic mass is 9.63. The maximum atomic E-state index is 9.84. The van der Waals surface area contributed by atoms with Gasteiger partial charge in [0.15, 0.2) is 8.32 Å². The standard InChI is InChI=1S/C16H32O3Si/c1-14(2,3)20(7,8)19-12-9-13-16(6,18-13)11(10-17)15(12,4)5/h11-13,17H,9-10H2,1-8H3/t11-,12-,13+,16-/m0/s1. The Labute approximate surface area is 125 Å². The third-order valence-electron chi connectivity index (χ3n) is 6.25. The van der Waals surface area contributed by atoms with Crippen molar-refractivity contribution in [3.8, 4) is 0 Å². The Hall–Kier alpha value is 0.0969. The number of ether oxygens (including phenoxy) is 1. The van der Waals surface area contributed by atoms with Crippen LogP contribution in [0.4, 0.5) is 0 Å². The normalized spacial score (nSPS) is 40.4. The van der Waals surface area contributed by atoms with Gasteiger partial charge >= 0.3 is 0 Å². The first-order valence-electron chi connectivity index (χ1n) is 7.83. The van der Waals surface area contributed by atoms with Gasteiger partial charge in [-0.2, -0.15) is 0 Å². The first-order valence-corrected chi connectivity index (χ1v) is 10.7. The summed E-state index contributed by atoms with van der Waals surface area (Å²) in [6, 6.07) is 0. The fourth-order valence-corrected chi connectivity index (χ4v) is 4.94. The molecule has 2 aliphatic rings. The Morgan fingerprint density at radius 2 is 1.80 bits per heavy atom. The Morgan fingerprint density at radius 1 is 1.25 bits per heavy atom. The summed E-state index contributed by atoms with van der Waals surface area (Å²) < 4.78 is 12.6. The molecule has 4 heteroatoms. The topological polar surface area (TPSA) is 42.0 Å². The molecular weight excluding hydrogens is 268 g/mol. The summed E-state index contributed by atoms with van der Waals surface area (Å²) in [6.07, 6.45) is 1.41. The Morgan fingerprint density at radius 3 is 2.25 bits per heavy atom. The molecule has 20 heavy (non-hydrogen) atoms. The van der Waals surface area contributed by atoms with Crippen LogP contribution in [0.2, 0.25) is 18.1 Å². The maximum absolute atomic E-state index is 9.84. The van der Waals surface area contributed by atoms with Crippen molar-refractivity contribution in [2.75, 3.05) is 6.61 Å². The molecule has 3 nitrogen and oxygen atoms in total.